The van der Waals surface area contributed by atoms with Gasteiger partial charge in [0.2, 0.25) is 10.0 Å². The zero-order valence-corrected chi connectivity index (χ0v) is 23.0. The Balaban J connectivity index is 1.96. The number of alkyl halides is 3. The number of hydrogen-bond donors (Lipinski definition) is 0. The molecule has 0 radical (unpaired) electrons. The van der Waals surface area contributed by atoms with E-state index in [9.17, 15) is 21.6 Å². The van der Waals surface area contributed by atoms with Gasteiger partial charge in [-0.15, -0.1) is 11.3 Å². The van der Waals surface area contributed by atoms with Crippen LogP contribution in [0.3, 0.4) is 0 Å². The summed E-state index contributed by atoms with van der Waals surface area (Å²) in [5.74, 6) is -0.146. The lowest BCUT2D eigenvalue weighted by Gasteiger charge is -2.27. The van der Waals surface area contributed by atoms with Gasteiger partial charge in [-0.25, -0.2) is 13.4 Å². The van der Waals surface area contributed by atoms with Gasteiger partial charge in [-0.3, -0.25) is 0 Å². The van der Waals surface area contributed by atoms with E-state index in [4.69, 9.17) is 4.74 Å². The molecule has 1 aliphatic heterocycles. The van der Waals surface area contributed by atoms with Crippen LogP contribution in [0, 0.1) is 12.8 Å². The summed E-state index contributed by atoms with van der Waals surface area (Å²) in [5, 5.41) is 0. The third kappa shape index (κ3) is 7.41. The molecule has 1 fully saturated rings. The van der Waals surface area contributed by atoms with Crippen molar-refractivity contribution in [2.24, 2.45) is 5.92 Å². The molecule has 0 N–H and O–H groups in total. The first-order chi connectivity index (χ1) is 16.8. The van der Waals surface area contributed by atoms with E-state index in [1.54, 1.807) is 4.90 Å². The number of aryl methyl sites for hydroxylation is 1. The number of aromatic nitrogens is 1. The number of halogens is 3. The summed E-state index contributed by atoms with van der Waals surface area (Å²) in [4.78, 5) is 9.14. The minimum Gasteiger partial charge on any atom is -0.375 e. The van der Waals surface area contributed by atoms with Crippen LogP contribution >= 0.6 is 11.3 Å². The van der Waals surface area contributed by atoms with Crippen LogP contribution in [0.15, 0.2) is 29.2 Å². The second kappa shape index (κ2) is 11.8. The van der Waals surface area contributed by atoms with Gasteiger partial charge in [-0.1, -0.05) is 13.8 Å². The quantitative estimate of drug-likeness (QED) is 0.413. The van der Waals surface area contributed by atoms with Crippen LogP contribution in [-0.4, -0.2) is 75.6 Å². The fraction of sp³-hybridized carbons (Fsp3) is 0.625. The average molecular weight is 549 g/mol. The average Bonchev–Trinajstić information content (AvgIpc) is 3.40. The van der Waals surface area contributed by atoms with Gasteiger partial charge in [-0.05, 0) is 57.6 Å². The first-order valence-electron chi connectivity index (χ1n) is 11.9. The van der Waals surface area contributed by atoms with E-state index in [0.717, 1.165) is 21.9 Å². The third-order valence-electron chi connectivity index (χ3n) is 5.78. The van der Waals surface area contributed by atoms with Gasteiger partial charge in [-0.2, -0.15) is 17.5 Å². The van der Waals surface area contributed by atoms with E-state index in [0.29, 0.717) is 26.1 Å². The molecular weight excluding hydrogens is 513 g/mol. The van der Waals surface area contributed by atoms with E-state index in [-0.39, 0.29) is 42.4 Å². The molecular formula is C24H35F3N4O3S2. The molecule has 0 bridgehead atoms. The minimum atomic E-state index is -4.69. The standard InChI is InChI=1S/C24H35F3N4O3S2/c1-17(2)14-31(16-20-7-6-18(3)35-20)36(32,33)21-8-9-22(24(25,26)27)28-23(21)30-11-10-19(15-30)34-13-12-29(4)5/h6-9,17,19H,10-16H2,1-5H3. The second-order valence-corrected chi connectivity index (χ2v) is 13.0. The molecule has 2 aromatic heterocycles. The summed E-state index contributed by atoms with van der Waals surface area (Å²) in [6, 6.07) is 5.60. The number of nitrogens with zero attached hydrogens (tertiary/aromatic N) is 4. The lowest BCUT2D eigenvalue weighted by Crippen LogP contribution is -2.35. The third-order valence-corrected chi connectivity index (χ3v) is 8.60. The molecule has 1 atom stereocenters. The Morgan fingerprint density at radius 1 is 1.22 bits per heavy atom. The highest BCUT2D eigenvalue weighted by atomic mass is 32.2. The Hall–Kier alpha value is -1.73. The van der Waals surface area contributed by atoms with Crippen LogP contribution in [0.25, 0.3) is 0 Å². The molecule has 12 heteroatoms. The van der Waals surface area contributed by atoms with Crippen molar-refractivity contribution in [1.82, 2.24) is 14.2 Å². The number of thiophene rings is 1. The van der Waals surface area contributed by atoms with Gasteiger partial charge >= 0.3 is 6.18 Å². The van der Waals surface area contributed by atoms with E-state index in [1.807, 2.05) is 51.9 Å². The molecule has 7 nitrogen and oxygen atoms in total. The Bertz CT molecular complexity index is 1120. The number of likely N-dealkylation sites (N-methyl/N-ethyl adjacent to an activating group) is 1. The normalized spacial score (nSPS) is 17.2. The fourth-order valence-corrected chi connectivity index (χ4v) is 6.73. The Kier molecular flexibility index (Phi) is 9.42. The second-order valence-electron chi connectivity index (χ2n) is 9.75. The number of sulfonamides is 1. The van der Waals surface area contributed by atoms with Crippen LogP contribution < -0.4 is 4.90 Å². The molecule has 0 aromatic carbocycles. The molecule has 1 aliphatic rings. The van der Waals surface area contributed by atoms with Gasteiger partial charge in [0.05, 0.1) is 12.7 Å². The number of ether oxygens (including phenoxy) is 1. The lowest BCUT2D eigenvalue weighted by molar-refractivity contribution is -0.141. The van der Waals surface area contributed by atoms with E-state index in [2.05, 4.69) is 4.98 Å². The Morgan fingerprint density at radius 2 is 1.94 bits per heavy atom. The van der Waals surface area contributed by atoms with Gasteiger partial charge in [0.15, 0.2) is 0 Å². The monoisotopic (exact) mass is 548 g/mol. The highest BCUT2D eigenvalue weighted by Crippen LogP contribution is 2.35. The van der Waals surface area contributed by atoms with Gasteiger partial charge < -0.3 is 14.5 Å². The van der Waals surface area contributed by atoms with Crippen molar-refractivity contribution in [1.29, 1.82) is 0 Å². The molecule has 1 unspecified atom stereocenters. The minimum absolute atomic E-state index is 0.0213. The van der Waals surface area contributed by atoms with Crippen molar-refractivity contribution < 1.29 is 26.3 Å². The number of hydrogen-bond acceptors (Lipinski definition) is 7. The van der Waals surface area contributed by atoms with Crippen molar-refractivity contribution in [2.75, 3.05) is 51.8 Å². The predicted molar refractivity (Wildman–Crippen MR) is 136 cm³/mol. The van der Waals surface area contributed by atoms with Crippen LogP contribution in [0.5, 0.6) is 0 Å². The maximum absolute atomic E-state index is 13.9. The lowest BCUT2D eigenvalue weighted by atomic mass is 10.2. The summed E-state index contributed by atoms with van der Waals surface area (Å²) < 4.78 is 75.7. The van der Waals surface area contributed by atoms with Crippen LogP contribution in [0.1, 0.15) is 35.7 Å². The first kappa shape index (κ1) is 28.8. The van der Waals surface area contributed by atoms with Crippen molar-refractivity contribution in [3.05, 3.63) is 39.7 Å². The zero-order chi connectivity index (χ0) is 26.7. The topological polar surface area (TPSA) is 66.0 Å². The van der Waals surface area contributed by atoms with Crippen molar-refractivity contribution in [3.8, 4) is 0 Å². The predicted octanol–water partition coefficient (Wildman–Crippen LogP) is 4.47. The van der Waals surface area contributed by atoms with Crippen LogP contribution in [0.2, 0.25) is 0 Å². The summed E-state index contributed by atoms with van der Waals surface area (Å²) in [5.41, 5.74) is -1.11. The SMILES string of the molecule is Cc1ccc(CN(CC(C)C)S(=O)(=O)c2ccc(C(F)(F)F)nc2N2CCC(OCCN(C)C)C2)s1. The summed E-state index contributed by atoms with van der Waals surface area (Å²) in [7, 11) is -0.290. The first-order valence-corrected chi connectivity index (χ1v) is 14.2. The van der Waals surface area contributed by atoms with Crippen LogP contribution in [0.4, 0.5) is 19.0 Å². The highest BCUT2D eigenvalue weighted by Gasteiger charge is 2.38. The van der Waals surface area contributed by atoms with Gasteiger partial charge in [0.25, 0.3) is 0 Å². The van der Waals surface area contributed by atoms with Gasteiger partial charge in [0.1, 0.15) is 16.4 Å². The highest BCUT2D eigenvalue weighted by molar-refractivity contribution is 7.89. The Morgan fingerprint density at radius 3 is 2.53 bits per heavy atom. The number of rotatable bonds is 11. The number of anilines is 1. The van der Waals surface area contributed by atoms with Crippen molar-refractivity contribution >= 4 is 27.2 Å². The molecule has 36 heavy (non-hydrogen) atoms. The Labute approximate surface area is 215 Å². The van der Waals surface area contributed by atoms with E-state index >= 15 is 0 Å². The van der Waals surface area contributed by atoms with E-state index < -0.39 is 21.9 Å². The fourth-order valence-electron chi connectivity index (χ4n) is 4.02. The van der Waals surface area contributed by atoms with Crippen LogP contribution in [-0.2, 0) is 27.5 Å². The zero-order valence-electron chi connectivity index (χ0n) is 21.4. The number of pyridine rings is 1. The maximum atomic E-state index is 13.9. The van der Waals surface area contributed by atoms with Gasteiger partial charge in [0, 0.05) is 42.5 Å². The summed E-state index contributed by atoms with van der Waals surface area (Å²) in [6.45, 7) is 7.97. The smallest absolute Gasteiger partial charge is 0.375 e. The molecule has 3 heterocycles. The van der Waals surface area contributed by atoms with Crippen molar-refractivity contribution in [3.63, 3.8) is 0 Å². The molecule has 0 amide bonds. The summed E-state index contributed by atoms with van der Waals surface area (Å²) in [6.07, 6.45) is -4.32. The molecule has 0 saturated carbocycles. The molecule has 1 saturated heterocycles. The molecule has 0 aliphatic carbocycles. The largest absolute Gasteiger partial charge is 0.433 e. The maximum Gasteiger partial charge on any atom is 0.433 e. The summed E-state index contributed by atoms with van der Waals surface area (Å²) >= 11 is 1.50. The molecule has 202 valence electrons. The molecule has 2 aromatic rings. The van der Waals surface area contributed by atoms with E-state index in [1.165, 1.54) is 15.6 Å². The molecule has 3 rings (SSSR count). The van der Waals surface area contributed by atoms with Crippen molar-refractivity contribution in [2.45, 2.75) is 50.9 Å². The molecule has 0 spiro atoms.